The molecule has 1 rings (SSSR count). The van der Waals surface area contributed by atoms with Crippen molar-refractivity contribution < 1.29 is 13.9 Å². The highest BCUT2D eigenvalue weighted by Gasteiger charge is 2.27. The lowest BCUT2D eigenvalue weighted by Crippen LogP contribution is -2.43. The van der Waals surface area contributed by atoms with Gasteiger partial charge in [-0.15, -0.1) is 0 Å². The quantitative estimate of drug-likeness (QED) is 0.920. The van der Waals surface area contributed by atoms with Gasteiger partial charge in [0.2, 0.25) is 0 Å². The molecule has 3 nitrogen and oxygen atoms in total. The van der Waals surface area contributed by atoms with E-state index < -0.39 is 11.5 Å². The first-order valence-corrected chi connectivity index (χ1v) is 5.06. The Bertz CT molecular complexity index is 393. The summed E-state index contributed by atoms with van der Waals surface area (Å²) in [4.78, 5) is 11.0. The van der Waals surface area contributed by atoms with Crippen LogP contribution in [-0.4, -0.2) is 11.5 Å². The first kappa shape index (κ1) is 12.0. The summed E-state index contributed by atoms with van der Waals surface area (Å²) >= 11 is 3.02. The van der Waals surface area contributed by atoms with Crippen molar-refractivity contribution in [1.82, 2.24) is 0 Å². The van der Waals surface area contributed by atoms with E-state index in [0.717, 1.165) is 0 Å². The van der Waals surface area contributed by atoms with Gasteiger partial charge < -0.3 is 10.5 Å². The van der Waals surface area contributed by atoms with Crippen molar-refractivity contribution in [3.8, 4) is 5.75 Å². The Morgan fingerprint density at radius 3 is 2.60 bits per heavy atom. The van der Waals surface area contributed by atoms with Crippen molar-refractivity contribution in [1.29, 1.82) is 0 Å². The van der Waals surface area contributed by atoms with Gasteiger partial charge in [-0.3, -0.25) is 4.79 Å². The minimum absolute atomic E-state index is 0.278. The molecule has 0 bridgehead atoms. The minimum atomic E-state index is -1.11. The number of amides is 1. The first-order valence-electron chi connectivity index (χ1n) is 4.27. The van der Waals surface area contributed by atoms with Gasteiger partial charge in [0.25, 0.3) is 5.91 Å². The molecule has 0 saturated carbocycles. The van der Waals surface area contributed by atoms with Gasteiger partial charge in [-0.1, -0.05) is 0 Å². The lowest BCUT2D eigenvalue weighted by Gasteiger charge is -2.22. The third-order valence-electron chi connectivity index (χ3n) is 1.86. The summed E-state index contributed by atoms with van der Waals surface area (Å²) in [5, 5.41) is 0. The molecule has 1 aromatic rings. The number of primary amides is 1. The number of benzene rings is 1. The van der Waals surface area contributed by atoms with Crippen LogP contribution in [0.3, 0.4) is 0 Å². The standard InChI is InChI=1S/C10H11BrFNO2/c1-10(2,9(13)14)15-6-3-4-8(12)7(11)5-6/h3-5H,1-2H3,(H2,13,14). The summed E-state index contributed by atoms with van der Waals surface area (Å²) < 4.78 is 18.5. The van der Waals surface area contributed by atoms with Crippen molar-refractivity contribution >= 4 is 21.8 Å². The molecule has 0 unspecified atom stereocenters. The van der Waals surface area contributed by atoms with Crippen LogP contribution in [0.25, 0.3) is 0 Å². The summed E-state index contributed by atoms with van der Waals surface area (Å²) in [6.45, 7) is 3.10. The van der Waals surface area contributed by atoms with E-state index in [1.165, 1.54) is 18.2 Å². The molecular weight excluding hydrogens is 265 g/mol. The molecule has 0 fully saturated rings. The zero-order valence-corrected chi connectivity index (χ0v) is 9.97. The molecule has 0 saturated heterocycles. The predicted octanol–water partition coefficient (Wildman–Crippen LogP) is 2.23. The zero-order chi connectivity index (χ0) is 11.6. The number of nitrogens with two attached hydrogens (primary N) is 1. The molecule has 0 aliphatic rings. The van der Waals surface area contributed by atoms with Crippen LogP contribution in [0.15, 0.2) is 22.7 Å². The molecule has 0 spiro atoms. The van der Waals surface area contributed by atoms with Gasteiger partial charge in [0, 0.05) is 0 Å². The molecular formula is C10H11BrFNO2. The Labute approximate surface area is 95.5 Å². The fraction of sp³-hybridized carbons (Fsp3) is 0.300. The second kappa shape index (κ2) is 4.18. The van der Waals surface area contributed by atoms with Gasteiger partial charge >= 0.3 is 0 Å². The molecule has 82 valence electrons. The van der Waals surface area contributed by atoms with E-state index in [2.05, 4.69) is 15.9 Å². The number of hydrogen-bond acceptors (Lipinski definition) is 2. The van der Waals surface area contributed by atoms with E-state index in [1.54, 1.807) is 13.8 Å². The second-order valence-electron chi connectivity index (χ2n) is 3.55. The molecule has 1 amide bonds. The maximum Gasteiger partial charge on any atom is 0.261 e. The van der Waals surface area contributed by atoms with Crippen molar-refractivity contribution in [2.24, 2.45) is 5.73 Å². The lowest BCUT2D eigenvalue weighted by molar-refractivity contribution is -0.130. The van der Waals surface area contributed by atoms with E-state index in [0.29, 0.717) is 5.75 Å². The molecule has 0 aliphatic carbocycles. The number of halogens is 2. The molecule has 5 heteroatoms. The largest absolute Gasteiger partial charge is 0.478 e. The second-order valence-corrected chi connectivity index (χ2v) is 4.41. The maximum absolute atomic E-state index is 12.9. The monoisotopic (exact) mass is 275 g/mol. The van der Waals surface area contributed by atoms with Crippen LogP contribution in [0.2, 0.25) is 0 Å². The van der Waals surface area contributed by atoms with E-state index in [9.17, 15) is 9.18 Å². The van der Waals surface area contributed by atoms with Crippen LogP contribution in [0, 0.1) is 5.82 Å². The topological polar surface area (TPSA) is 52.3 Å². The average Bonchev–Trinajstić information content (AvgIpc) is 2.10. The van der Waals surface area contributed by atoms with E-state index in [1.807, 2.05) is 0 Å². The summed E-state index contributed by atoms with van der Waals surface area (Å²) in [6, 6.07) is 4.13. The zero-order valence-electron chi connectivity index (χ0n) is 8.38. The van der Waals surface area contributed by atoms with Gasteiger partial charge in [-0.25, -0.2) is 4.39 Å². The Morgan fingerprint density at radius 2 is 2.13 bits per heavy atom. The minimum Gasteiger partial charge on any atom is -0.478 e. The fourth-order valence-corrected chi connectivity index (χ4v) is 1.24. The number of rotatable bonds is 3. The fourth-order valence-electron chi connectivity index (χ4n) is 0.885. The Balaban J connectivity index is 2.91. The maximum atomic E-state index is 12.9. The lowest BCUT2D eigenvalue weighted by atomic mass is 10.1. The summed E-state index contributed by atoms with van der Waals surface area (Å²) in [6.07, 6.45) is 0. The van der Waals surface area contributed by atoms with Crippen LogP contribution in [-0.2, 0) is 4.79 Å². The molecule has 15 heavy (non-hydrogen) atoms. The normalized spacial score (nSPS) is 11.2. The number of carbonyl (C=O) groups excluding carboxylic acids is 1. The van der Waals surface area contributed by atoms with Gasteiger partial charge in [0.05, 0.1) is 4.47 Å². The molecule has 0 aromatic heterocycles. The molecule has 0 aliphatic heterocycles. The van der Waals surface area contributed by atoms with Crippen LogP contribution in [0.5, 0.6) is 5.75 Å². The number of hydrogen-bond donors (Lipinski definition) is 1. The third kappa shape index (κ3) is 2.92. The molecule has 0 heterocycles. The van der Waals surface area contributed by atoms with Crippen molar-refractivity contribution in [2.75, 3.05) is 0 Å². The average molecular weight is 276 g/mol. The summed E-state index contributed by atoms with van der Waals surface area (Å²) in [5.41, 5.74) is 4.02. The number of ether oxygens (including phenoxy) is 1. The van der Waals surface area contributed by atoms with Crippen LogP contribution < -0.4 is 10.5 Å². The Kier molecular flexibility index (Phi) is 3.34. The SMILES string of the molecule is CC(C)(Oc1ccc(F)c(Br)c1)C(N)=O. The molecule has 2 N–H and O–H groups in total. The first-order chi connectivity index (χ1) is 6.83. The number of carbonyl (C=O) groups is 1. The predicted molar refractivity (Wildman–Crippen MR) is 58.0 cm³/mol. The van der Waals surface area contributed by atoms with Crippen molar-refractivity contribution in [3.63, 3.8) is 0 Å². The highest BCUT2D eigenvalue weighted by atomic mass is 79.9. The van der Waals surface area contributed by atoms with Crippen LogP contribution in [0.4, 0.5) is 4.39 Å². The Morgan fingerprint density at radius 1 is 1.53 bits per heavy atom. The van der Waals surface area contributed by atoms with Crippen LogP contribution in [0.1, 0.15) is 13.8 Å². The van der Waals surface area contributed by atoms with Gasteiger partial charge in [-0.2, -0.15) is 0 Å². The van der Waals surface area contributed by atoms with E-state index in [4.69, 9.17) is 10.5 Å². The van der Waals surface area contributed by atoms with Crippen molar-refractivity contribution in [2.45, 2.75) is 19.4 Å². The molecule has 1 aromatic carbocycles. The third-order valence-corrected chi connectivity index (χ3v) is 2.47. The smallest absolute Gasteiger partial charge is 0.261 e. The van der Waals surface area contributed by atoms with Crippen LogP contribution >= 0.6 is 15.9 Å². The summed E-state index contributed by atoms with van der Waals surface area (Å²) in [7, 11) is 0. The highest BCUT2D eigenvalue weighted by molar-refractivity contribution is 9.10. The Hall–Kier alpha value is -1.10. The highest BCUT2D eigenvalue weighted by Crippen LogP contribution is 2.24. The molecule has 0 atom stereocenters. The van der Waals surface area contributed by atoms with Gasteiger partial charge in [-0.05, 0) is 48.0 Å². The van der Waals surface area contributed by atoms with Gasteiger partial charge in [0.15, 0.2) is 5.60 Å². The van der Waals surface area contributed by atoms with E-state index in [-0.39, 0.29) is 10.3 Å². The van der Waals surface area contributed by atoms with Gasteiger partial charge in [0.1, 0.15) is 11.6 Å². The molecule has 0 radical (unpaired) electrons. The van der Waals surface area contributed by atoms with Crippen molar-refractivity contribution in [3.05, 3.63) is 28.5 Å². The van der Waals surface area contributed by atoms with E-state index >= 15 is 0 Å². The summed E-state index contributed by atoms with van der Waals surface area (Å²) in [5.74, 6) is -0.589.